The van der Waals surface area contributed by atoms with E-state index in [1.807, 2.05) is 26.8 Å². The fourth-order valence-electron chi connectivity index (χ4n) is 1.98. The van der Waals surface area contributed by atoms with Gasteiger partial charge >= 0.3 is 5.97 Å². The van der Waals surface area contributed by atoms with E-state index >= 15 is 0 Å². The molecule has 1 aliphatic rings. The number of carboxylic acid groups (broad SMARTS) is 1. The van der Waals surface area contributed by atoms with Gasteiger partial charge in [-0.15, -0.1) is 6.42 Å². The Hall–Kier alpha value is -1.76. The largest absolute Gasteiger partial charge is 0.481 e. The maximum atomic E-state index is 11.0. The molecule has 0 heterocycles. The van der Waals surface area contributed by atoms with E-state index in [1.165, 1.54) is 0 Å². The Labute approximate surface area is 101 Å². The van der Waals surface area contributed by atoms with Gasteiger partial charge in [-0.1, -0.05) is 31.0 Å². The number of hydrogen-bond donors (Lipinski definition) is 1. The Bertz CT molecular complexity index is 401. The van der Waals surface area contributed by atoms with Crippen LogP contribution in [0.15, 0.2) is 16.8 Å². The van der Waals surface area contributed by atoms with Crippen molar-refractivity contribution >= 4 is 12.2 Å². The lowest BCUT2D eigenvalue weighted by molar-refractivity contribution is -0.139. The molecule has 0 aromatic rings. The molecule has 1 rings (SSSR count). The van der Waals surface area contributed by atoms with Gasteiger partial charge < -0.3 is 9.94 Å². The molecule has 92 valence electrons. The summed E-state index contributed by atoms with van der Waals surface area (Å²) < 4.78 is 0. The quantitative estimate of drug-likeness (QED) is 0.343. The van der Waals surface area contributed by atoms with Crippen molar-refractivity contribution in [2.75, 3.05) is 6.61 Å². The molecular weight excluding hydrogens is 218 g/mol. The first-order valence-corrected chi connectivity index (χ1v) is 5.41. The van der Waals surface area contributed by atoms with Crippen LogP contribution in [0.1, 0.15) is 20.8 Å². The number of aliphatic carboxylic acids is 1. The molecular formula is C13H17NO3. The van der Waals surface area contributed by atoms with E-state index in [9.17, 15) is 4.79 Å². The first kappa shape index (κ1) is 13.3. The number of oxime groups is 1. The summed E-state index contributed by atoms with van der Waals surface area (Å²) >= 11 is 0. The Morgan fingerprint density at radius 2 is 2.29 bits per heavy atom. The average molecular weight is 235 g/mol. The van der Waals surface area contributed by atoms with E-state index in [0.717, 1.165) is 5.57 Å². The van der Waals surface area contributed by atoms with Crippen LogP contribution in [-0.4, -0.2) is 23.9 Å². The standard InChI is InChI=1S/C13H17NO3/c1-5-6-17-14-8-9(2)7-10-11(12(15)16)13(10,3)4/h1,7-8,10-11H,6H2,2-4H3,(H,15,16)/t10?,11-/m0/s1. The van der Waals surface area contributed by atoms with Gasteiger partial charge in [-0.2, -0.15) is 0 Å². The molecule has 0 amide bonds. The number of terminal acetylenes is 1. The highest BCUT2D eigenvalue weighted by Gasteiger charge is 2.60. The van der Waals surface area contributed by atoms with Crippen LogP contribution in [0.4, 0.5) is 0 Å². The first-order valence-electron chi connectivity index (χ1n) is 5.41. The highest BCUT2D eigenvalue weighted by Crippen LogP contribution is 2.59. The van der Waals surface area contributed by atoms with Crippen molar-refractivity contribution in [2.24, 2.45) is 22.4 Å². The third-order valence-corrected chi connectivity index (χ3v) is 3.10. The molecule has 0 aromatic heterocycles. The number of carboxylic acids is 1. The van der Waals surface area contributed by atoms with Crippen LogP contribution < -0.4 is 0 Å². The van der Waals surface area contributed by atoms with Gasteiger partial charge in [0.1, 0.15) is 0 Å². The van der Waals surface area contributed by atoms with Gasteiger partial charge in [-0.05, 0) is 23.8 Å². The summed E-state index contributed by atoms with van der Waals surface area (Å²) in [6, 6.07) is 0. The van der Waals surface area contributed by atoms with Gasteiger partial charge in [-0.25, -0.2) is 0 Å². The van der Waals surface area contributed by atoms with Gasteiger partial charge in [0.25, 0.3) is 0 Å². The van der Waals surface area contributed by atoms with Crippen molar-refractivity contribution in [1.29, 1.82) is 0 Å². The summed E-state index contributed by atoms with van der Waals surface area (Å²) in [6.07, 6.45) is 8.46. The van der Waals surface area contributed by atoms with E-state index in [-0.39, 0.29) is 23.9 Å². The smallest absolute Gasteiger partial charge is 0.307 e. The minimum atomic E-state index is -0.746. The van der Waals surface area contributed by atoms with E-state index in [0.29, 0.717) is 0 Å². The zero-order valence-electron chi connectivity index (χ0n) is 10.3. The maximum absolute atomic E-state index is 11.0. The molecule has 1 saturated carbocycles. The monoisotopic (exact) mass is 235 g/mol. The Morgan fingerprint density at radius 3 is 2.76 bits per heavy atom. The van der Waals surface area contributed by atoms with Crippen molar-refractivity contribution in [3.8, 4) is 12.3 Å². The van der Waals surface area contributed by atoms with Crippen LogP contribution in [-0.2, 0) is 9.63 Å². The third-order valence-electron chi connectivity index (χ3n) is 3.10. The normalized spacial score (nSPS) is 26.6. The van der Waals surface area contributed by atoms with Gasteiger partial charge in [0, 0.05) is 0 Å². The molecule has 1 unspecified atom stereocenters. The predicted molar refractivity (Wildman–Crippen MR) is 65.4 cm³/mol. The third kappa shape index (κ3) is 3.10. The van der Waals surface area contributed by atoms with Gasteiger partial charge in [0.15, 0.2) is 6.61 Å². The minimum Gasteiger partial charge on any atom is -0.481 e. The Kier molecular flexibility index (Phi) is 3.95. The van der Waals surface area contributed by atoms with Crippen LogP contribution in [0, 0.1) is 29.6 Å². The lowest BCUT2D eigenvalue weighted by Gasteiger charge is -1.97. The molecule has 4 heteroatoms. The summed E-state index contributed by atoms with van der Waals surface area (Å²) in [6.45, 7) is 5.89. The first-order chi connectivity index (χ1) is 7.91. The summed E-state index contributed by atoms with van der Waals surface area (Å²) in [5.41, 5.74) is 0.699. The number of carbonyl (C=O) groups is 1. The van der Waals surface area contributed by atoms with Crippen molar-refractivity contribution in [3.63, 3.8) is 0 Å². The van der Waals surface area contributed by atoms with E-state index in [4.69, 9.17) is 16.4 Å². The number of allylic oxidation sites excluding steroid dienone is 2. The fourth-order valence-corrected chi connectivity index (χ4v) is 1.98. The lowest BCUT2D eigenvalue weighted by Crippen LogP contribution is -2.03. The molecule has 0 radical (unpaired) electrons. The van der Waals surface area contributed by atoms with E-state index in [2.05, 4.69) is 11.1 Å². The molecule has 1 aliphatic carbocycles. The second kappa shape index (κ2) is 5.05. The van der Waals surface area contributed by atoms with Gasteiger partial charge in [0.2, 0.25) is 0 Å². The van der Waals surface area contributed by atoms with Crippen LogP contribution in [0.2, 0.25) is 0 Å². The van der Waals surface area contributed by atoms with Gasteiger partial charge in [-0.3, -0.25) is 4.79 Å². The Morgan fingerprint density at radius 1 is 1.65 bits per heavy atom. The highest BCUT2D eigenvalue weighted by atomic mass is 16.6. The zero-order chi connectivity index (χ0) is 13.1. The summed E-state index contributed by atoms with van der Waals surface area (Å²) in [5.74, 6) is 1.30. The second-order valence-electron chi connectivity index (χ2n) is 4.79. The predicted octanol–water partition coefficient (Wildman–Crippen LogP) is 1.93. The Balaban J connectivity index is 2.57. The fraction of sp³-hybridized carbons (Fsp3) is 0.538. The van der Waals surface area contributed by atoms with Crippen molar-refractivity contribution in [1.82, 2.24) is 0 Å². The average Bonchev–Trinajstić information content (AvgIpc) is 2.75. The molecule has 0 bridgehead atoms. The summed E-state index contributed by atoms with van der Waals surface area (Å²) in [7, 11) is 0. The van der Waals surface area contributed by atoms with Crippen molar-refractivity contribution in [3.05, 3.63) is 11.6 Å². The van der Waals surface area contributed by atoms with E-state index < -0.39 is 5.97 Å². The lowest BCUT2D eigenvalue weighted by atomic mass is 10.1. The molecule has 17 heavy (non-hydrogen) atoms. The second-order valence-corrected chi connectivity index (χ2v) is 4.79. The van der Waals surface area contributed by atoms with Crippen LogP contribution in [0.5, 0.6) is 0 Å². The molecule has 0 saturated heterocycles. The molecule has 1 N–H and O–H groups in total. The van der Waals surface area contributed by atoms with Crippen molar-refractivity contribution < 1.29 is 14.7 Å². The maximum Gasteiger partial charge on any atom is 0.307 e. The van der Waals surface area contributed by atoms with Crippen molar-refractivity contribution in [2.45, 2.75) is 20.8 Å². The minimum absolute atomic E-state index is 0.0547. The topological polar surface area (TPSA) is 58.9 Å². The molecule has 0 spiro atoms. The highest BCUT2D eigenvalue weighted by molar-refractivity contribution is 5.80. The molecule has 0 aromatic carbocycles. The van der Waals surface area contributed by atoms with Crippen LogP contribution >= 0.6 is 0 Å². The number of nitrogens with zero attached hydrogens (tertiary/aromatic N) is 1. The summed E-state index contributed by atoms with van der Waals surface area (Å²) in [4.78, 5) is 15.7. The number of rotatable bonds is 5. The zero-order valence-corrected chi connectivity index (χ0v) is 10.3. The molecule has 4 nitrogen and oxygen atoms in total. The van der Waals surface area contributed by atoms with Crippen LogP contribution in [0.25, 0.3) is 0 Å². The number of hydrogen-bond acceptors (Lipinski definition) is 3. The summed E-state index contributed by atoms with van der Waals surface area (Å²) in [5, 5.41) is 12.7. The SMILES string of the molecule is C#CCON=CC(C)=CC1[C@@H](C(=O)O)C1(C)C. The molecule has 2 atom stereocenters. The molecule has 0 aliphatic heterocycles. The van der Waals surface area contributed by atoms with E-state index in [1.54, 1.807) is 6.21 Å². The molecule has 1 fully saturated rings. The van der Waals surface area contributed by atoms with Crippen LogP contribution in [0.3, 0.4) is 0 Å². The van der Waals surface area contributed by atoms with Gasteiger partial charge in [0.05, 0.1) is 12.1 Å².